The zero-order chi connectivity index (χ0) is 21.6. The lowest BCUT2D eigenvalue weighted by molar-refractivity contribution is -0.197. The van der Waals surface area contributed by atoms with Crippen LogP contribution in [0.15, 0.2) is 0 Å². The molecule has 2 rings (SSSR count). The van der Waals surface area contributed by atoms with E-state index >= 15 is 0 Å². The lowest BCUT2D eigenvalue weighted by atomic mass is 10.4. The van der Waals surface area contributed by atoms with Gasteiger partial charge in [0.2, 0.25) is 11.8 Å². The standard InChI is InChI=1S/C18H29N5O6/c1-12-10-22(3)13(11-21(12)2)18(28)20-8-6-14(24)19-9-7-17(27)29-23-15(25)4-5-16(23)26/h12-13H,4-11H2,1-3H3,(H,19,24)(H,20,28)/i1+1,2+1,3+1,10+1,11+1,12+1,13+1,17+1,21+1. The van der Waals surface area contributed by atoms with Gasteiger partial charge in [-0.2, -0.15) is 0 Å². The third-order valence-corrected chi connectivity index (χ3v) is 5.10. The van der Waals surface area contributed by atoms with Crippen molar-refractivity contribution in [3.63, 3.8) is 0 Å². The van der Waals surface area contributed by atoms with Crippen LogP contribution in [0.2, 0.25) is 0 Å². The molecule has 0 radical (unpaired) electrons. The Morgan fingerprint density at radius 1 is 0.966 bits per heavy atom. The highest BCUT2D eigenvalue weighted by atomic mass is 16.8. The SMILES string of the molecule is [13CH3][13CH]1[13CH2]N([13CH3])[13CH](C(=O)NCCC(=O)NCC[13C](=O)ON2C(=O)CCC2=O)[13CH2][15N]1[13CH3]. The number of carbonyl (C=O) groups is 5. The lowest BCUT2D eigenvalue weighted by Gasteiger charge is -2.41. The molecule has 2 saturated heterocycles. The topological polar surface area (TPSA) is 128 Å². The van der Waals surface area contributed by atoms with Crippen molar-refractivity contribution < 1.29 is 28.8 Å². The highest BCUT2D eigenvalue weighted by molar-refractivity contribution is 6.01. The van der Waals surface area contributed by atoms with E-state index in [2.05, 4.69) is 22.5 Å². The summed E-state index contributed by atoms with van der Waals surface area (Å²) in [5.41, 5.74) is 0. The maximum atomic E-state index is 12.3. The largest absolute Gasteiger partial charge is 0.355 e. The van der Waals surface area contributed by atoms with E-state index in [1.807, 2.05) is 19.0 Å². The van der Waals surface area contributed by atoms with Crippen molar-refractivity contribution in [2.45, 2.75) is 44.7 Å². The van der Waals surface area contributed by atoms with E-state index in [9.17, 15) is 24.0 Å². The molecule has 29 heavy (non-hydrogen) atoms. The van der Waals surface area contributed by atoms with Gasteiger partial charge in [0.15, 0.2) is 0 Å². The molecule has 2 heterocycles. The van der Waals surface area contributed by atoms with Crippen LogP contribution in [0.4, 0.5) is 0 Å². The second-order valence-electron chi connectivity index (χ2n) is 7.43. The molecular formula is C18H29N5O6. The van der Waals surface area contributed by atoms with Gasteiger partial charge in [-0.25, -0.2) is 4.79 Å². The summed E-state index contributed by atoms with van der Waals surface area (Å²) >= 11 is 0. The van der Waals surface area contributed by atoms with E-state index in [0.29, 0.717) is 17.6 Å². The van der Waals surface area contributed by atoms with Gasteiger partial charge in [-0.1, -0.05) is 0 Å². The summed E-state index contributed by atoms with van der Waals surface area (Å²) in [7, 11) is 3.88. The maximum Gasteiger partial charge on any atom is 0.334 e. The molecule has 0 spiro atoms. The van der Waals surface area contributed by atoms with E-state index in [-0.39, 0.29) is 56.6 Å². The number of nitrogens with one attached hydrogen (secondary N) is 2. The highest BCUT2D eigenvalue weighted by Gasteiger charge is 2.33. The molecular weight excluding hydrogens is 391 g/mol. The molecule has 2 unspecified atom stereocenters. The van der Waals surface area contributed by atoms with Gasteiger partial charge in [0, 0.05) is 51.5 Å². The van der Waals surface area contributed by atoms with Gasteiger partial charge in [-0.3, -0.25) is 24.1 Å². The van der Waals surface area contributed by atoms with Crippen LogP contribution in [0, 0.1) is 0 Å². The van der Waals surface area contributed by atoms with Crippen molar-refractivity contribution in [1.29, 1.82) is 0 Å². The summed E-state index contributed by atoms with van der Waals surface area (Å²) in [6, 6.07) is 0.119. The molecule has 2 atom stereocenters. The average Bonchev–Trinajstić information content (AvgIpc) is 2.96. The molecule has 11 heteroatoms. The fourth-order valence-electron chi connectivity index (χ4n) is 3.17. The number of hydrogen-bond donors (Lipinski definition) is 2. The van der Waals surface area contributed by atoms with Crippen molar-refractivity contribution >= 4 is 29.6 Å². The molecule has 0 saturated carbocycles. The summed E-state index contributed by atoms with van der Waals surface area (Å²) in [5, 5.41) is 5.77. The van der Waals surface area contributed by atoms with Gasteiger partial charge in [-0.15, -0.1) is 5.06 Å². The number of hydroxylamine groups is 2. The molecule has 2 N–H and O–H groups in total. The summed E-state index contributed by atoms with van der Waals surface area (Å²) in [4.78, 5) is 67.4. The molecule has 2 fully saturated rings. The van der Waals surface area contributed by atoms with Gasteiger partial charge in [0.1, 0.15) is 6.04 Å². The van der Waals surface area contributed by atoms with E-state index in [4.69, 9.17) is 4.84 Å². The Morgan fingerprint density at radius 2 is 1.59 bits per heavy atom. The van der Waals surface area contributed by atoms with E-state index in [0.717, 1.165) is 6.54 Å². The number of hydrogen-bond acceptors (Lipinski definition) is 8. The van der Waals surface area contributed by atoms with Crippen LogP contribution in [0.5, 0.6) is 0 Å². The molecule has 162 valence electrons. The van der Waals surface area contributed by atoms with Crippen molar-refractivity contribution in [2.24, 2.45) is 0 Å². The number of amides is 4. The van der Waals surface area contributed by atoms with Crippen molar-refractivity contribution in [3.8, 4) is 0 Å². The first-order valence-corrected chi connectivity index (χ1v) is 9.70. The number of likely N-dealkylation sites (N-methyl/N-ethyl adjacent to an activating group) is 2. The predicted octanol–water partition coefficient (Wildman–Crippen LogP) is -1.76. The Morgan fingerprint density at radius 3 is 2.24 bits per heavy atom. The minimum Gasteiger partial charge on any atom is -0.355 e. The number of piperazine rings is 1. The summed E-state index contributed by atoms with van der Waals surface area (Å²) in [5.74, 6) is -2.32. The zero-order valence-corrected chi connectivity index (χ0v) is 17.1. The Hall–Kier alpha value is -2.53. The second kappa shape index (κ2) is 10.3. The minimum absolute atomic E-state index is 0.00980. The van der Waals surface area contributed by atoms with Crippen LogP contribution in [0.3, 0.4) is 0 Å². The zero-order valence-electron chi connectivity index (χ0n) is 17.1. The van der Waals surface area contributed by atoms with Gasteiger partial charge >= 0.3 is 5.97 Å². The molecule has 0 bridgehead atoms. The molecule has 0 aromatic heterocycles. The van der Waals surface area contributed by atoms with Crippen LogP contribution in [0.25, 0.3) is 0 Å². The maximum absolute atomic E-state index is 12.3. The van der Waals surface area contributed by atoms with Crippen molar-refractivity contribution in [2.75, 3.05) is 40.3 Å². The third-order valence-electron chi connectivity index (χ3n) is 5.10. The first-order chi connectivity index (χ1) is 13.7. The van der Waals surface area contributed by atoms with Crippen molar-refractivity contribution in [1.82, 2.24) is 25.5 Å². The first kappa shape index (κ1) is 22.8. The van der Waals surface area contributed by atoms with E-state index in [1.165, 1.54) is 0 Å². The quantitative estimate of drug-likeness (QED) is 0.269. The summed E-state index contributed by atoms with van der Waals surface area (Å²) in [6.07, 6.45) is -0.0415. The first-order valence-electron chi connectivity index (χ1n) is 9.70. The molecule has 2 aliphatic heterocycles. The van der Waals surface area contributed by atoms with Crippen molar-refractivity contribution in [3.05, 3.63) is 0 Å². The third kappa shape index (κ3) is 6.50. The molecule has 0 aromatic rings. The van der Waals surface area contributed by atoms with Gasteiger partial charge in [-0.05, 0) is 21.0 Å². The van der Waals surface area contributed by atoms with Crippen LogP contribution in [-0.4, -0.2) is 96.8 Å². The van der Waals surface area contributed by atoms with E-state index in [1.54, 1.807) is 0 Å². The number of nitrogens with zero attached hydrogens (tertiary/aromatic N) is 3. The fourth-order valence-corrected chi connectivity index (χ4v) is 3.17. The predicted molar refractivity (Wildman–Crippen MR) is 101 cm³/mol. The smallest absolute Gasteiger partial charge is 0.334 e. The van der Waals surface area contributed by atoms with Crippen LogP contribution in [-0.2, 0) is 28.8 Å². The number of rotatable bonds is 8. The fraction of sp³-hybridized carbons (Fsp3) is 0.722. The normalized spacial score (nSPS) is 23.2. The Bertz CT molecular complexity index is 653. The Kier molecular flexibility index (Phi) is 8.09. The van der Waals surface area contributed by atoms with Crippen LogP contribution in [0.1, 0.15) is 32.6 Å². The second-order valence-corrected chi connectivity index (χ2v) is 7.43. The van der Waals surface area contributed by atoms with Crippen LogP contribution < -0.4 is 10.6 Å². The molecule has 0 aromatic carbocycles. The summed E-state index contributed by atoms with van der Waals surface area (Å²) < 4.78 is 0. The number of imide groups is 1. The molecule has 11 nitrogen and oxygen atoms in total. The van der Waals surface area contributed by atoms with Crippen LogP contribution >= 0.6 is 0 Å². The van der Waals surface area contributed by atoms with E-state index < -0.39 is 17.8 Å². The monoisotopic (exact) mass is 420 g/mol. The molecule has 0 aliphatic carbocycles. The Balaban J connectivity index is 1.60. The van der Waals surface area contributed by atoms with Gasteiger partial charge in [0.05, 0.1) is 6.42 Å². The minimum atomic E-state index is -0.777. The molecule has 2 aliphatic rings. The lowest BCUT2D eigenvalue weighted by Crippen LogP contribution is -2.59. The number of carbonyl (C=O) groups excluding carboxylic acids is 5. The Labute approximate surface area is 169 Å². The van der Waals surface area contributed by atoms with Gasteiger partial charge in [0.25, 0.3) is 11.8 Å². The average molecular weight is 420 g/mol. The summed E-state index contributed by atoms with van der Waals surface area (Å²) in [6.45, 7) is 3.72. The molecule has 4 amide bonds. The highest BCUT2D eigenvalue weighted by Crippen LogP contribution is 2.13. The van der Waals surface area contributed by atoms with Gasteiger partial charge < -0.3 is 20.4 Å².